The Hall–Kier alpha value is -2.16. The molecule has 2 N–H and O–H groups in total. The summed E-state index contributed by atoms with van der Waals surface area (Å²) in [6.07, 6.45) is 3.07. The van der Waals surface area contributed by atoms with Gasteiger partial charge in [-0.05, 0) is 51.8 Å². The highest BCUT2D eigenvalue weighted by Crippen LogP contribution is 2.20. The number of phenolic OH excluding ortho intramolecular Hbond substituents is 1. The Balaban J connectivity index is 1.68. The van der Waals surface area contributed by atoms with Crippen LogP contribution in [0.2, 0.25) is 5.02 Å². The molecule has 0 bridgehead atoms. The summed E-state index contributed by atoms with van der Waals surface area (Å²) >= 11 is 12.5. The molecule has 0 aliphatic heterocycles. The fraction of sp³-hybridized carbons (Fsp3) is 0.0556. The topological polar surface area (TPSA) is 79.5 Å². The Bertz CT molecular complexity index is 1000. The molecule has 0 aliphatic rings. The van der Waals surface area contributed by atoms with E-state index in [1.54, 1.807) is 35.1 Å². The second-order valence-electron chi connectivity index (χ2n) is 5.55. The van der Waals surface area contributed by atoms with Crippen LogP contribution in [0.3, 0.4) is 0 Å². The van der Waals surface area contributed by atoms with Gasteiger partial charge in [0.25, 0.3) is 5.91 Å². The number of phenols is 1. The van der Waals surface area contributed by atoms with Crippen molar-refractivity contribution in [1.29, 1.82) is 0 Å². The number of rotatable bonds is 5. The van der Waals surface area contributed by atoms with Gasteiger partial charge in [-0.1, -0.05) is 39.7 Å². The minimum atomic E-state index is -0.470. The van der Waals surface area contributed by atoms with Gasteiger partial charge in [0.2, 0.25) is 0 Å². The SMILES string of the molecule is O=C(N/N=C/c1cc(Br)ccc1O)c1nn(Cc2ccc(Cl)cc2)cc1Br. The normalized spacial score (nSPS) is 11.1. The number of nitrogens with zero attached hydrogens (tertiary/aromatic N) is 3. The van der Waals surface area contributed by atoms with Gasteiger partial charge < -0.3 is 5.11 Å². The van der Waals surface area contributed by atoms with Crippen molar-refractivity contribution >= 4 is 55.6 Å². The van der Waals surface area contributed by atoms with Gasteiger partial charge in [-0.25, -0.2) is 5.43 Å². The maximum Gasteiger partial charge on any atom is 0.293 e. The molecule has 1 aromatic heterocycles. The molecule has 0 atom stereocenters. The lowest BCUT2D eigenvalue weighted by Gasteiger charge is -2.02. The Morgan fingerprint density at radius 1 is 1.26 bits per heavy atom. The molecule has 3 rings (SSSR count). The molecular weight excluding hydrogens is 499 g/mol. The Morgan fingerprint density at radius 2 is 2.00 bits per heavy atom. The van der Waals surface area contributed by atoms with E-state index in [1.807, 2.05) is 12.1 Å². The van der Waals surface area contributed by atoms with Gasteiger partial charge in [0.1, 0.15) is 5.75 Å². The summed E-state index contributed by atoms with van der Waals surface area (Å²) in [7, 11) is 0. The van der Waals surface area contributed by atoms with Crippen molar-refractivity contribution in [2.75, 3.05) is 0 Å². The van der Waals surface area contributed by atoms with Crippen molar-refractivity contribution in [1.82, 2.24) is 15.2 Å². The first-order chi connectivity index (χ1) is 12.9. The summed E-state index contributed by atoms with van der Waals surface area (Å²) in [5.41, 5.74) is 4.08. The van der Waals surface area contributed by atoms with Crippen LogP contribution in [0, 0.1) is 0 Å². The van der Waals surface area contributed by atoms with Crippen molar-refractivity contribution in [2.45, 2.75) is 6.54 Å². The number of aromatic hydroxyl groups is 1. The second-order valence-corrected chi connectivity index (χ2v) is 7.76. The van der Waals surface area contributed by atoms with E-state index in [9.17, 15) is 9.90 Å². The van der Waals surface area contributed by atoms with Crippen molar-refractivity contribution in [3.63, 3.8) is 0 Å². The maximum atomic E-state index is 12.3. The molecule has 0 spiro atoms. The third-order valence-electron chi connectivity index (χ3n) is 3.55. The van der Waals surface area contributed by atoms with Gasteiger partial charge in [-0.2, -0.15) is 10.2 Å². The molecule has 6 nitrogen and oxygen atoms in total. The lowest BCUT2D eigenvalue weighted by atomic mass is 10.2. The number of aromatic nitrogens is 2. The summed E-state index contributed by atoms with van der Waals surface area (Å²) < 4.78 is 2.98. The van der Waals surface area contributed by atoms with Crippen molar-refractivity contribution in [3.8, 4) is 5.75 Å². The summed E-state index contributed by atoms with van der Waals surface area (Å²) in [4.78, 5) is 12.3. The van der Waals surface area contributed by atoms with Gasteiger partial charge in [0, 0.05) is 21.3 Å². The van der Waals surface area contributed by atoms with Crippen molar-refractivity contribution in [3.05, 3.63) is 79.5 Å². The van der Waals surface area contributed by atoms with Crippen LogP contribution in [0.4, 0.5) is 0 Å². The molecule has 9 heteroatoms. The first kappa shape index (κ1) is 19.6. The number of benzene rings is 2. The third kappa shape index (κ3) is 5.18. The zero-order valence-electron chi connectivity index (χ0n) is 13.7. The number of carbonyl (C=O) groups is 1. The van der Waals surface area contributed by atoms with Crippen LogP contribution in [-0.4, -0.2) is 27.0 Å². The highest BCUT2D eigenvalue weighted by Gasteiger charge is 2.15. The van der Waals surface area contributed by atoms with E-state index < -0.39 is 5.91 Å². The van der Waals surface area contributed by atoms with E-state index in [2.05, 4.69) is 47.5 Å². The number of halogens is 3. The molecule has 138 valence electrons. The highest BCUT2D eigenvalue weighted by molar-refractivity contribution is 9.10. The van der Waals surface area contributed by atoms with Crippen LogP contribution >= 0.6 is 43.5 Å². The minimum Gasteiger partial charge on any atom is -0.507 e. The number of nitrogens with one attached hydrogen (secondary N) is 1. The smallest absolute Gasteiger partial charge is 0.293 e. The zero-order valence-corrected chi connectivity index (χ0v) is 17.7. The molecule has 0 fully saturated rings. The fourth-order valence-corrected chi connectivity index (χ4v) is 3.25. The molecule has 0 aliphatic carbocycles. The van der Waals surface area contributed by atoms with E-state index in [0.29, 0.717) is 21.6 Å². The van der Waals surface area contributed by atoms with E-state index in [0.717, 1.165) is 10.0 Å². The Labute approximate surface area is 177 Å². The summed E-state index contributed by atoms with van der Waals surface area (Å²) in [5, 5.41) is 18.6. The first-order valence-electron chi connectivity index (χ1n) is 7.71. The molecule has 0 saturated heterocycles. The van der Waals surface area contributed by atoms with Crippen LogP contribution in [0.1, 0.15) is 21.6 Å². The van der Waals surface area contributed by atoms with Gasteiger partial charge in [-0.3, -0.25) is 9.48 Å². The Morgan fingerprint density at radius 3 is 2.74 bits per heavy atom. The van der Waals surface area contributed by atoms with Gasteiger partial charge in [-0.15, -0.1) is 0 Å². The number of hydrogen-bond acceptors (Lipinski definition) is 4. The predicted octanol–water partition coefficient (Wildman–Crippen LogP) is 4.58. The second kappa shape index (κ2) is 8.69. The highest BCUT2D eigenvalue weighted by atomic mass is 79.9. The molecule has 27 heavy (non-hydrogen) atoms. The number of carbonyl (C=O) groups excluding carboxylic acids is 1. The number of amides is 1. The largest absolute Gasteiger partial charge is 0.507 e. The van der Waals surface area contributed by atoms with E-state index >= 15 is 0 Å². The molecule has 2 aromatic carbocycles. The molecule has 3 aromatic rings. The third-order valence-corrected chi connectivity index (χ3v) is 4.87. The monoisotopic (exact) mass is 510 g/mol. The molecule has 0 unspecified atom stereocenters. The summed E-state index contributed by atoms with van der Waals surface area (Å²) in [5.74, 6) is -0.410. The van der Waals surface area contributed by atoms with Gasteiger partial charge >= 0.3 is 0 Å². The van der Waals surface area contributed by atoms with Crippen LogP contribution in [-0.2, 0) is 6.54 Å². The van der Waals surface area contributed by atoms with E-state index in [-0.39, 0.29) is 11.4 Å². The van der Waals surface area contributed by atoms with Crippen molar-refractivity contribution < 1.29 is 9.90 Å². The standard InChI is InChI=1S/C18H13Br2ClN4O2/c19-13-3-6-16(26)12(7-13)8-22-23-18(27)17-15(20)10-25(24-17)9-11-1-4-14(21)5-2-11/h1-8,10,26H,9H2,(H,23,27)/b22-8+. The molecular formula is C18H13Br2ClN4O2. The predicted molar refractivity (Wildman–Crippen MR) is 111 cm³/mol. The molecule has 1 amide bonds. The van der Waals surface area contributed by atoms with Gasteiger partial charge in [0.15, 0.2) is 5.69 Å². The number of hydrazone groups is 1. The average molecular weight is 513 g/mol. The first-order valence-corrected chi connectivity index (χ1v) is 9.68. The Kier molecular flexibility index (Phi) is 6.30. The lowest BCUT2D eigenvalue weighted by Crippen LogP contribution is -2.19. The van der Waals surface area contributed by atoms with Gasteiger partial charge in [0.05, 0.1) is 17.2 Å². The van der Waals surface area contributed by atoms with Crippen LogP contribution in [0.25, 0.3) is 0 Å². The number of hydrogen-bond donors (Lipinski definition) is 2. The van der Waals surface area contributed by atoms with E-state index in [1.165, 1.54) is 12.3 Å². The molecule has 0 radical (unpaired) electrons. The minimum absolute atomic E-state index is 0.0598. The molecule has 1 heterocycles. The van der Waals surface area contributed by atoms with Crippen LogP contribution < -0.4 is 5.43 Å². The maximum absolute atomic E-state index is 12.3. The quantitative estimate of drug-likeness (QED) is 0.388. The molecule has 0 saturated carbocycles. The fourth-order valence-electron chi connectivity index (χ4n) is 2.25. The average Bonchev–Trinajstić information content (AvgIpc) is 3.00. The summed E-state index contributed by atoms with van der Waals surface area (Å²) in [6.45, 7) is 0.498. The van der Waals surface area contributed by atoms with Crippen molar-refractivity contribution in [2.24, 2.45) is 5.10 Å². The summed E-state index contributed by atoms with van der Waals surface area (Å²) in [6, 6.07) is 12.3. The zero-order chi connectivity index (χ0) is 19.4. The van der Waals surface area contributed by atoms with Crippen LogP contribution in [0.15, 0.2) is 62.7 Å². The van der Waals surface area contributed by atoms with E-state index in [4.69, 9.17) is 11.6 Å². The lowest BCUT2D eigenvalue weighted by molar-refractivity contribution is 0.0948. The van der Waals surface area contributed by atoms with Crippen LogP contribution in [0.5, 0.6) is 5.75 Å².